The van der Waals surface area contributed by atoms with Crippen LogP contribution in [0.25, 0.3) is 11.1 Å². The Morgan fingerprint density at radius 3 is 2.12 bits per heavy atom. The van der Waals surface area contributed by atoms with Gasteiger partial charge in [0, 0.05) is 5.56 Å². The molecule has 0 bridgehead atoms. The van der Waals surface area contributed by atoms with Gasteiger partial charge in [0.1, 0.15) is 0 Å². The molecule has 0 aliphatic rings. The lowest BCUT2D eigenvalue weighted by atomic mass is 10.0. The van der Waals surface area contributed by atoms with Crippen LogP contribution in [-0.2, 0) is 14.8 Å². The number of methoxy groups -OCH3 is 1. The molecule has 0 atom stereocenters. The van der Waals surface area contributed by atoms with Crippen LogP contribution in [-0.4, -0.2) is 21.5 Å². The highest BCUT2D eigenvalue weighted by molar-refractivity contribution is 7.92. The van der Waals surface area contributed by atoms with Crippen LogP contribution in [0.15, 0.2) is 83.8 Å². The molecule has 0 unspecified atom stereocenters. The van der Waals surface area contributed by atoms with E-state index < -0.39 is 16.0 Å². The van der Waals surface area contributed by atoms with E-state index >= 15 is 0 Å². The SMILES string of the molecule is COC(=O)c1ccc(S(=O)(=O)Nc2ccccc2-c2ccccc2)cc1. The second-order valence-corrected chi connectivity index (χ2v) is 7.22. The van der Waals surface area contributed by atoms with Crippen molar-refractivity contribution < 1.29 is 17.9 Å². The van der Waals surface area contributed by atoms with Crippen molar-refractivity contribution in [2.24, 2.45) is 0 Å². The van der Waals surface area contributed by atoms with E-state index in [0.717, 1.165) is 11.1 Å². The van der Waals surface area contributed by atoms with Crippen LogP contribution >= 0.6 is 0 Å². The molecule has 132 valence electrons. The van der Waals surface area contributed by atoms with E-state index in [0.29, 0.717) is 5.69 Å². The first-order valence-corrected chi connectivity index (χ1v) is 9.35. The van der Waals surface area contributed by atoms with Crippen LogP contribution in [0.5, 0.6) is 0 Å². The van der Waals surface area contributed by atoms with Crippen molar-refractivity contribution in [1.29, 1.82) is 0 Å². The molecule has 0 aliphatic carbocycles. The molecule has 5 nitrogen and oxygen atoms in total. The summed E-state index contributed by atoms with van der Waals surface area (Å²) < 4.78 is 32.7. The highest BCUT2D eigenvalue weighted by atomic mass is 32.2. The van der Waals surface area contributed by atoms with Crippen molar-refractivity contribution in [3.05, 3.63) is 84.4 Å². The molecule has 0 saturated carbocycles. The first kappa shape index (κ1) is 17.7. The average molecular weight is 367 g/mol. The van der Waals surface area contributed by atoms with Gasteiger partial charge < -0.3 is 4.74 Å². The highest BCUT2D eigenvalue weighted by Crippen LogP contribution is 2.29. The Balaban J connectivity index is 1.92. The third-order valence-corrected chi connectivity index (χ3v) is 5.22. The van der Waals surface area contributed by atoms with Gasteiger partial charge in [0.05, 0.1) is 23.3 Å². The van der Waals surface area contributed by atoms with E-state index in [-0.39, 0.29) is 10.5 Å². The van der Waals surface area contributed by atoms with E-state index in [1.165, 1.54) is 31.4 Å². The maximum Gasteiger partial charge on any atom is 0.337 e. The summed E-state index contributed by atoms with van der Waals surface area (Å²) in [5.41, 5.74) is 2.46. The monoisotopic (exact) mass is 367 g/mol. The Morgan fingerprint density at radius 1 is 0.846 bits per heavy atom. The van der Waals surface area contributed by atoms with Gasteiger partial charge in [-0.15, -0.1) is 0 Å². The molecule has 3 aromatic carbocycles. The highest BCUT2D eigenvalue weighted by Gasteiger charge is 2.17. The molecule has 3 aromatic rings. The van der Waals surface area contributed by atoms with Gasteiger partial charge in [0.25, 0.3) is 10.0 Å². The van der Waals surface area contributed by atoms with Crippen LogP contribution in [0.4, 0.5) is 5.69 Å². The molecule has 26 heavy (non-hydrogen) atoms. The average Bonchev–Trinajstić information content (AvgIpc) is 2.68. The number of benzene rings is 3. The lowest BCUT2D eigenvalue weighted by Crippen LogP contribution is -2.14. The first-order valence-electron chi connectivity index (χ1n) is 7.87. The number of nitrogens with one attached hydrogen (secondary N) is 1. The molecule has 0 radical (unpaired) electrons. The topological polar surface area (TPSA) is 72.5 Å². The number of esters is 1. The number of ether oxygens (including phenoxy) is 1. The van der Waals surface area contributed by atoms with Crippen LogP contribution in [0.1, 0.15) is 10.4 Å². The zero-order valence-corrected chi connectivity index (χ0v) is 14.9. The van der Waals surface area contributed by atoms with E-state index in [4.69, 9.17) is 0 Å². The Bertz CT molecular complexity index is 1010. The lowest BCUT2D eigenvalue weighted by molar-refractivity contribution is 0.0600. The van der Waals surface area contributed by atoms with E-state index in [1.54, 1.807) is 12.1 Å². The molecule has 0 aliphatic heterocycles. The number of sulfonamides is 1. The maximum absolute atomic E-state index is 12.7. The van der Waals surface area contributed by atoms with Crippen LogP contribution in [0.3, 0.4) is 0 Å². The minimum absolute atomic E-state index is 0.0630. The molecule has 0 fully saturated rings. The Morgan fingerprint density at radius 2 is 1.46 bits per heavy atom. The third-order valence-electron chi connectivity index (χ3n) is 3.84. The molecule has 0 amide bonds. The third kappa shape index (κ3) is 3.75. The molecule has 0 saturated heterocycles. The number of carbonyl (C=O) groups is 1. The minimum atomic E-state index is -3.80. The number of para-hydroxylation sites is 1. The van der Waals surface area contributed by atoms with E-state index in [2.05, 4.69) is 9.46 Å². The van der Waals surface area contributed by atoms with Gasteiger partial charge in [-0.3, -0.25) is 4.72 Å². The summed E-state index contributed by atoms with van der Waals surface area (Å²) in [5.74, 6) is -0.517. The van der Waals surface area contributed by atoms with Crippen molar-refractivity contribution in [2.75, 3.05) is 11.8 Å². The summed E-state index contributed by atoms with van der Waals surface area (Å²) in [4.78, 5) is 11.5. The normalized spacial score (nSPS) is 11.0. The zero-order chi connectivity index (χ0) is 18.6. The second-order valence-electron chi connectivity index (χ2n) is 5.53. The summed E-state index contributed by atoms with van der Waals surface area (Å²) in [6, 6.07) is 22.3. The van der Waals surface area contributed by atoms with Crippen molar-refractivity contribution in [1.82, 2.24) is 0 Å². The molecule has 0 spiro atoms. The minimum Gasteiger partial charge on any atom is -0.465 e. The summed E-state index contributed by atoms with van der Waals surface area (Å²) in [6.45, 7) is 0. The number of anilines is 1. The van der Waals surface area contributed by atoms with E-state index in [1.807, 2.05) is 42.5 Å². The van der Waals surface area contributed by atoms with Crippen molar-refractivity contribution in [3.8, 4) is 11.1 Å². The molecule has 0 aromatic heterocycles. The molecular formula is C20H17NO4S. The van der Waals surface area contributed by atoms with Crippen molar-refractivity contribution in [2.45, 2.75) is 4.90 Å². The largest absolute Gasteiger partial charge is 0.465 e. The number of hydrogen-bond donors (Lipinski definition) is 1. The fourth-order valence-electron chi connectivity index (χ4n) is 2.53. The standard InChI is InChI=1S/C20H17NO4S/c1-25-20(22)16-11-13-17(14-12-16)26(23,24)21-19-10-6-5-9-18(19)15-7-3-2-4-8-15/h2-14,21H,1H3. The second kappa shape index (κ2) is 7.41. The van der Waals surface area contributed by atoms with Gasteiger partial charge in [-0.2, -0.15) is 0 Å². The van der Waals surface area contributed by atoms with Gasteiger partial charge in [-0.25, -0.2) is 13.2 Å². The number of hydrogen-bond acceptors (Lipinski definition) is 4. The molecular weight excluding hydrogens is 350 g/mol. The van der Waals surface area contributed by atoms with E-state index in [9.17, 15) is 13.2 Å². The molecule has 6 heteroatoms. The predicted octanol–water partition coefficient (Wildman–Crippen LogP) is 3.94. The van der Waals surface area contributed by atoms with Crippen LogP contribution < -0.4 is 4.72 Å². The number of carbonyl (C=O) groups excluding carboxylic acids is 1. The molecule has 3 rings (SSSR count). The summed E-state index contributed by atoms with van der Waals surface area (Å²) in [5, 5.41) is 0. The summed E-state index contributed by atoms with van der Waals surface area (Å²) in [7, 11) is -2.52. The van der Waals surface area contributed by atoms with Crippen molar-refractivity contribution in [3.63, 3.8) is 0 Å². The Hall–Kier alpha value is -3.12. The summed E-state index contributed by atoms with van der Waals surface area (Å²) in [6.07, 6.45) is 0. The maximum atomic E-state index is 12.7. The zero-order valence-electron chi connectivity index (χ0n) is 14.0. The Labute approximate surface area is 152 Å². The quantitative estimate of drug-likeness (QED) is 0.693. The molecule has 0 heterocycles. The van der Waals surface area contributed by atoms with Gasteiger partial charge in [-0.1, -0.05) is 48.5 Å². The predicted molar refractivity (Wildman–Crippen MR) is 100 cm³/mol. The first-order chi connectivity index (χ1) is 12.5. The van der Waals surface area contributed by atoms with Crippen molar-refractivity contribution >= 4 is 21.7 Å². The van der Waals surface area contributed by atoms with Gasteiger partial charge in [0.2, 0.25) is 0 Å². The van der Waals surface area contributed by atoms with Crippen LogP contribution in [0.2, 0.25) is 0 Å². The number of rotatable bonds is 5. The Kier molecular flexibility index (Phi) is 5.04. The lowest BCUT2D eigenvalue weighted by Gasteiger charge is -2.13. The van der Waals surface area contributed by atoms with Crippen LogP contribution in [0, 0.1) is 0 Å². The fourth-order valence-corrected chi connectivity index (χ4v) is 3.61. The summed E-state index contributed by atoms with van der Waals surface area (Å²) >= 11 is 0. The van der Waals surface area contributed by atoms with Gasteiger partial charge in [0.15, 0.2) is 0 Å². The van der Waals surface area contributed by atoms with Gasteiger partial charge >= 0.3 is 5.97 Å². The van der Waals surface area contributed by atoms with Gasteiger partial charge in [-0.05, 0) is 35.9 Å². The molecule has 1 N–H and O–H groups in total. The fraction of sp³-hybridized carbons (Fsp3) is 0.0500. The smallest absolute Gasteiger partial charge is 0.337 e.